The Labute approximate surface area is 92.3 Å². The fourth-order valence-corrected chi connectivity index (χ4v) is 1.58. The maximum atomic E-state index is 11.5. The topological polar surface area (TPSA) is 84.9 Å². The summed E-state index contributed by atoms with van der Waals surface area (Å²) >= 11 is 0. The van der Waals surface area contributed by atoms with Gasteiger partial charge >= 0.3 is 5.63 Å². The second-order valence-corrected chi connectivity index (χ2v) is 3.47. The second-order valence-electron chi connectivity index (χ2n) is 3.47. The third kappa shape index (κ3) is 2.04. The first-order valence-corrected chi connectivity index (χ1v) is 5.13. The molecule has 0 unspecified atom stereocenters. The summed E-state index contributed by atoms with van der Waals surface area (Å²) < 4.78 is 4.81. The van der Waals surface area contributed by atoms with Crippen LogP contribution in [0.2, 0.25) is 0 Å². The molecular weight excluding hydrogens is 206 g/mol. The van der Waals surface area contributed by atoms with Crippen LogP contribution >= 0.6 is 0 Å². The zero-order chi connectivity index (χ0) is 11.4. The fraction of sp³-hybridized carbons (Fsp3) is 0.273. The third-order valence-electron chi connectivity index (χ3n) is 2.39. The number of hydrogen-bond donors (Lipinski definition) is 2. The van der Waals surface area contributed by atoms with Crippen molar-refractivity contribution < 1.29 is 4.52 Å². The molecule has 2 aromatic heterocycles. The van der Waals surface area contributed by atoms with Crippen molar-refractivity contribution in [1.29, 1.82) is 0 Å². The summed E-state index contributed by atoms with van der Waals surface area (Å²) in [4.78, 5) is 15.4. The lowest BCUT2D eigenvalue weighted by atomic mass is 10.1. The number of H-pyrrole nitrogens is 1. The van der Waals surface area contributed by atoms with E-state index in [1.165, 1.54) is 0 Å². The van der Waals surface area contributed by atoms with E-state index in [1.807, 2.05) is 12.1 Å². The van der Waals surface area contributed by atoms with Gasteiger partial charge in [-0.3, -0.25) is 4.98 Å². The predicted octanol–water partition coefficient (Wildman–Crippen LogP) is 0.921. The van der Waals surface area contributed by atoms with Crippen LogP contribution in [-0.2, 0) is 6.42 Å². The van der Waals surface area contributed by atoms with Crippen molar-refractivity contribution in [3.63, 3.8) is 0 Å². The zero-order valence-corrected chi connectivity index (χ0v) is 8.77. The highest BCUT2D eigenvalue weighted by molar-refractivity contribution is 5.61. The van der Waals surface area contributed by atoms with E-state index in [4.69, 9.17) is 10.3 Å². The first-order chi connectivity index (χ1) is 7.83. The molecule has 0 fully saturated rings. The van der Waals surface area contributed by atoms with Crippen LogP contribution in [0.5, 0.6) is 0 Å². The van der Waals surface area contributed by atoms with Gasteiger partial charge in [0.2, 0.25) is 0 Å². The molecule has 0 saturated heterocycles. The average Bonchev–Trinajstić information content (AvgIpc) is 2.69. The number of nitrogens with zero attached hydrogens (tertiary/aromatic N) is 1. The van der Waals surface area contributed by atoms with Crippen LogP contribution < -0.4 is 11.4 Å². The van der Waals surface area contributed by atoms with Gasteiger partial charge in [-0.2, -0.15) is 0 Å². The van der Waals surface area contributed by atoms with Crippen LogP contribution in [0.1, 0.15) is 12.0 Å². The van der Waals surface area contributed by atoms with Crippen molar-refractivity contribution in [3.8, 4) is 11.3 Å². The quantitative estimate of drug-likeness (QED) is 0.800. The average molecular weight is 219 g/mol. The van der Waals surface area contributed by atoms with Crippen molar-refractivity contribution in [3.05, 3.63) is 40.5 Å². The molecule has 0 bridgehead atoms. The van der Waals surface area contributed by atoms with E-state index in [0.29, 0.717) is 18.5 Å². The van der Waals surface area contributed by atoms with Crippen LogP contribution in [0, 0.1) is 0 Å². The second kappa shape index (κ2) is 4.76. The van der Waals surface area contributed by atoms with Crippen LogP contribution in [0.25, 0.3) is 11.3 Å². The summed E-state index contributed by atoms with van der Waals surface area (Å²) in [7, 11) is 0. The number of rotatable bonds is 4. The number of pyridine rings is 1. The Balaban J connectivity index is 2.38. The van der Waals surface area contributed by atoms with Crippen LogP contribution in [-0.4, -0.2) is 16.7 Å². The molecule has 0 atom stereocenters. The molecule has 3 N–H and O–H groups in total. The number of nitrogens with two attached hydrogens (primary N) is 1. The molecule has 0 aliphatic carbocycles. The molecular formula is C11H13N3O2. The summed E-state index contributed by atoms with van der Waals surface area (Å²) in [5, 5.41) is 2.64. The molecule has 0 spiro atoms. The van der Waals surface area contributed by atoms with Crippen molar-refractivity contribution in [1.82, 2.24) is 10.1 Å². The number of nitrogens with one attached hydrogen (secondary N) is 1. The van der Waals surface area contributed by atoms with E-state index in [2.05, 4.69) is 10.1 Å². The highest BCUT2D eigenvalue weighted by Gasteiger charge is 2.12. The van der Waals surface area contributed by atoms with Crippen LogP contribution in [0.4, 0.5) is 0 Å². The molecule has 2 heterocycles. The van der Waals surface area contributed by atoms with E-state index in [9.17, 15) is 4.79 Å². The van der Waals surface area contributed by atoms with Gasteiger partial charge in [0.1, 0.15) is 0 Å². The Morgan fingerprint density at radius 1 is 1.38 bits per heavy atom. The van der Waals surface area contributed by atoms with Crippen molar-refractivity contribution in [2.24, 2.45) is 5.73 Å². The third-order valence-corrected chi connectivity index (χ3v) is 2.39. The Morgan fingerprint density at radius 2 is 2.12 bits per heavy atom. The highest BCUT2D eigenvalue weighted by atomic mass is 16.5. The van der Waals surface area contributed by atoms with Gasteiger partial charge in [0.15, 0.2) is 0 Å². The van der Waals surface area contributed by atoms with Crippen LogP contribution in [0.3, 0.4) is 0 Å². The van der Waals surface area contributed by atoms with Gasteiger partial charge in [-0.05, 0) is 31.5 Å². The Kier molecular flexibility index (Phi) is 3.16. The Morgan fingerprint density at radius 3 is 2.81 bits per heavy atom. The number of hydrogen-bond acceptors (Lipinski definition) is 4. The molecule has 84 valence electrons. The number of aromatic amines is 1. The minimum absolute atomic E-state index is 0.319. The molecule has 0 aromatic carbocycles. The van der Waals surface area contributed by atoms with Gasteiger partial charge in [-0.25, -0.2) is 9.95 Å². The molecule has 5 nitrogen and oxygen atoms in total. The lowest BCUT2D eigenvalue weighted by molar-refractivity contribution is 0.392. The zero-order valence-electron chi connectivity index (χ0n) is 8.77. The summed E-state index contributed by atoms with van der Waals surface area (Å²) in [6, 6.07) is 3.65. The highest BCUT2D eigenvalue weighted by Crippen LogP contribution is 2.19. The van der Waals surface area contributed by atoms with Crippen molar-refractivity contribution >= 4 is 0 Å². The van der Waals surface area contributed by atoms with E-state index < -0.39 is 0 Å². The smallest absolute Gasteiger partial charge is 0.338 e. The van der Waals surface area contributed by atoms with Gasteiger partial charge in [-0.1, -0.05) is 0 Å². The van der Waals surface area contributed by atoms with Gasteiger partial charge in [-0.15, -0.1) is 0 Å². The maximum Gasteiger partial charge on any atom is 0.361 e. The predicted molar refractivity (Wildman–Crippen MR) is 59.9 cm³/mol. The summed E-state index contributed by atoms with van der Waals surface area (Å²) in [6.07, 6.45) is 4.74. The molecule has 2 rings (SSSR count). The molecule has 0 amide bonds. The minimum Gasteiger partial charge on any atom is -0.338 e. The maximum absolute atomic E-state index is 11.5. The summed E-state index contributed by atoms with van der Waals surface area (Å²) in [6.45, 7) is 0.556. The minimum atomic E-state index is -0.319. The van der Waals surface area contributed by atoms with E-state index in [-0.39, 0.29) is 5.63 Å². The monoisotopic (exact) mass is 219 g/mol. The summed E-state index contributed by atoms with van der Waals surface area (Å²) in [5.41, 5.74) is 7.38. The molecule has 5 heteroatoms. The largest absolute Gasteiger partial charge is 0.361 e. The molecule has 0 radical (unpaired) electrons. The van der Waals surface area contributed by atoms with E-state index >= 15 is 0 Å². The fourth-order valence-electron chi connectivity index (χ4n) is 1.58. The molecule has 0 aliphatic rings. The molecule has 0 aliphatic heterocycles. The van der Waals surface area contributed by atoms with Gasteiger partial charge in [0.25, 0.3) is 0 Å². The first-order valence-electron chi connectivity index (χ1n) is 5.13. The summed E-state index contributed by atoms with van der Waals surface area (Å²) in [5.74, 6) is 0. The molecule has 16 heavy (non-hydrogen) atoms. The molecule has 0 saturated carbocycles. The lowest BCUT2D eigenvalue weighted by Gasteiger charge is -1.99. The van der Waals surface area contributed by atoms with Gasteiger partial charge in [0.05, 0.1) is 11.3 Å². The van der Waals surface area contributed by atoms with Crippen LogP contribution in [0.15, 0.2) is 33.8 Å². The number of aromatic nitrogens is 2. The molecule has 2 aromatic rings. The van der Waals surface area contributed by atoms with Gasteiger partial charge < -0.3 is 10.3 Å². The Bertz CT molecular complexity index is 501. The van der Waals surface area contributed by atoms with Crippen molar-refractivity contribution in [2.75, 3.05) is 6.54 Å². The lowest BCUT2D eigenvalue weighted by Crippen LogP contribution is -2.07. The first kappa shape index (κ1) is 10.6. The normalized spacial score (nSPS) is 10.6. The Hall–Kier alpha value is -1.88. The van der Waals surface area contributed by atoms with E-state index in [0.717, 1.165) is 17.7 Å². The van der Waals surface area contributed by atoms with Crippen molar-refractivity contribution in [2.45, 2.75) is 12.8 Å². The standard InChI is InChI=1S/C11H13N3O2/c12-5-1-2-9-10(14-16-11(9)15)8-3-6-13-7-4-8/h3-4,6-7,14H,1-2,5,12H2. The van der Waals surface area contributed by atoms with E-state index in [1.54, 1.807) is 12.4 Å². The SMILES string of the molecule is NCCCc1c(-c2ccncc2)[nH]oc1=O. The van der Waals surface area contributed by atoms with Gasteiger partial charge in [0, 0.05) is 18.0 Å².